The summed E-state index contributed by atoms with van der Waals surface area (Å²) in [5.74, 6) is 0.210. The number of nitrogens with two attached hydrogens (primary N) is 1. The van der Waals surface area contributed by atoms with Gasteiger partial charge in [0.15, 0.2) is 23.0 Å². The maximum atomic E-state index is 11.2. The SMILES string of the molecule is NC(=O)c1ccc(OI)c(/C=C/c2cccnc2)c1. The molecule has 96 valence electrons. The van der Waals surface area contributed by atoms with Crippen molar-refractivity contribution in [2.45, 2.75) is 0 Å². The Labute approximate surface area is 125 Å². The van der Waals surface area contributed by atoms with Gasteiger partial charge in [-0.1, -0.05) is 18.2 Å². The molecule has 5 heteroatoms. The number of aromatic nitrogens is 1. The van der Waals surface area contributed by atoms with Gasteiger partial charge in [0.05, 0.1) is 0 Å². The molecule has 2 rings (SSSR count). The van der Waals surface area contributed by atoms with Crippen molar-refractivity contribution in [3.8, 4) is 5.75 Å². The lowest BCUT2D eigenvalue weighted by atomic mass is 10.1. The van der Waals surface area contributed by atoms with E-state index in [-0.39, 0.29) is 0 Å². The lowest BCUT2D eigenvalue weighted by molar-refractivity contribution is 0.100. The van der Waals surface area contributed by atoms with E-state index in [0.29, 0.717) is 11.3 Å². The van der Waals surface area contributed by atoms with Crippen LogP contribution in [0.1, 0.15) is 21.5 Å². The van der Waals surface area contributed by atoms with Crippen molar-refractivity contribution >= 4 is 41.1 Å². The van der Waals surface area contributed by atoms with Crippen LogP contribution in [0.5, 0.6) is 5.75 Å². The molecular formula is C14H11IN2O2. The van der Waals surface area contributed by atoms with Crippen LogP contribution in [0.3, 0.4) is 0 Å². The summed E-state index contributed by atoms with van der Waals surface area (Å²) in [4.78, 5) is 15.2. The molecule has 0 fully saturated rings. The molecule has 0 saturated heterocycles. The van der Waals surface area contributed by atoms with E-state index < -0.39 is 5.91 Å². The monoisotopic (exact) mass is 366 g/mol. The highest BCUT2D eigenvalue weighted by molar-refractivity contribution is 14.1. The molecule has 1 aromatic carbocycles. The fourth-order valence-corrected chi connectivity index (χ4v) is 1.96. The normalized spacial score (nSPS) is 10.6. The molecule has 0 bridgehead atoms. The number of halogens is 1. The number of benzene rings is 1. The fourth-order valence-electron chi connectivity index (χ4n) is 1.56. The molecule has 0 unspecified atom stereocenters. The molecule has 1 amide bonds. The van der Waals surface area contributed by atoms with E-state index in [1.54, 1.807) is 53.6 Å². The van der Waals surface area contributed by atoms with Gasteiger partial charge in [-0.25, -0.2) is 0 Å². The summed E-state index contributed by atoms with van der Waals surface area (Å²) < 4.78 is 5.22. The van der Waals surface area contributed by atoms with Gasteiger partial charge < -0.3 is 8.80 Å². The van der Waals surface area contributed by atoms with Crippen LogP contribution in [0, 0.1) is 0 Å². The smallest absolute Gasteiger partial charge is 0.248 e. The van der Waals surface area contributed by atoms with Crippen LogP contribution in [0.15, 0.2) is 42.7 Å². The Balaban J connectivity index is 2.35. The Bertz CT molecular complexity index is 612. The predicted molar refractivity (Wildman–Crippen MR) is 82.8 cm³/mol. The highest BCUT2D eigenvalue weighted by Gasteiger charge is 2.05. The second-order valence-electron chi connectivity index (χ2n) is 3.81. The van der Waals surface area contributed by atoms with Crippen molar-refractivity contribution in [3.05, 3.63) is 59.4 Å². The van der Waals surface area contributed by atoms with E-state index in [0.717, 1.165) is 11.1 Å². The number of hydrogen-bond donors (Lipinski definition) is 1. The van der Waals surface area contributed by atoms with Gasteiger partial charge in [0.25, 0.3) is 0 Å². The Morgan fingerprint density at radius 2 is 2.16 bits per heavy atom. The predicted octanol–water partition coefficient (Wildman–Crippen LogP) is 3.08. The van der Waals surface area contributed by atoms with Crippen molar-refractivity contribution < 1.29 is 7.86 Å². The van der Waals surface area contributed by atoms with Gasteiger partial charge in [0.2, 0.25) is 5.91 Å². The molecule has 0 aliphatic heterocycles. The van der Waals surface area contributed by atoms with E-state index >= 15 is 0 Å². The minimum absolute atomic E-state index is 0.447. The van der Waals surface area contributed by atoms with E-state index in [1.807, 2.05) is 24.3 Å². The van der Waals surface area contributed by atoms with Gasteiger partial charge in [-0.15, -0.1) is 0 Å². The molecule has 0 saturated carbocycles. The first-order chi connectivity index (χ1) is 9.20. The molecule has 0 atom stereocenters. The number of pyridine rings is 1. The molecule has 1 aromatic heterocycles. The molecule has 4 nitrogen and oxygen atoms in total. The van der Waals surface area contributed by atoms with E-state index in [1.165, 1.54) is 0 Å². The number of amides is 1. The van der Waals surface area contributed by atoms with E-state index in [2.05, 4.69) is 4.98 Å². The number of hydrogen-bond acceptors (Lipinski definition) is 3. The number of primary amides is 1. The molecule has 1 heterocycles. The van der Waals surface area contributed by atoms with E-state index in [4.69, 9.17) is 8.80 Å². The Hall–Kier alpha value is -1.89. The zero-order chi connectivity index (χ0) is 13.7. The quantitative estimate of drug-likeness (QED) is 0.846. The third-order valence-corrected chi connectivity index (χ3v) is 2.99. The molecule has 2 aromatic rings. The summed E-state index contributed by atoms with van der Waals surface area (Å²) in [6, 6.07) is 8.84. The second-order valence-corrected chi connectivity index (χ2v) is 4.25. The van der Waals surface area contributed by atoms with Crippen molar-refractivity contribution in [3.63, 3.8) is 0 Å². The van der Waals surface area contributed by atoms with Crippen LogP contribution in [0.25, 0.3) is 12.2 Å². The Kier molecular flexibility index (Phi) is 4.51. The fraction of sp³-hybridized carbons (Fsp3) is 0. The summed E-state index contributed by atoms with van der Waals surface area (Å²) in [7, 11) is 0. The molecular weight excluding hydrogens is 355 g/mol. The summed E-state index contributed by atoms with van der Waals surface area (Å²) in [5.41, 5.74) is 7.46. The zero-order valence-corrected chi connectivity index (χ0v) is 12.1. The Morgan fingerprint density at radius 3 is 2.79 bits per heavy atom. The molecule has 0 aliphatic carbocycles. The van der Waals surface area contributed by atoms with Gasteiger partial charge in [-0.2, -0.15) is 0 Å². The molecule has 0 spiro atoms. The molecule has 19 heavy (non-hydrogen) atoms. The minimum atomic E-state index is -0.462. The van der Waals surface area contributed by atoms with Gasteiger partial charge >= 0.3 is 0 Å². The first-order valence-corrected chi connectivity index (χ1v) is 6.39. The highest BCUT2D eigenvalue weighted by atomic mass is 127. The zero-order valence-electron chi connectivity index (χ0n) is 9.92. The van der Waals surface area contributed by atoms with Crippen molar-refractivity contribution in [1.29, 1.82) is 0 Å². The average molecular weight is 366 g/mol. The maximum Gasteiger partial charge on any atom is 0.248 e. The summed E-state index contributed by atoms with van der Waals surface area (Å²) in [6.45, 7) is 0. The Morgan fingerprint density at radius 1 is 1.32 bits per heavy atom. The largest absolute Gasteiger partial charge is 0.427 e. The second kappa shape index (κ2) is 6.33. The minimum Gasteiger partial charge on any atom is -0.427 e. The number of carbonyl (C=O) groups excluding carboxylic acids is 1. The first kappa shape index (κ1) is 13.5. The van der Waals surface area contributed by atoms with Gasteiger partial charge in [-0.3, -0.25) is 9.78 Å². The average Bonchev–Trinajstić information content (AvgIpc) is 2.45. The van der Waals surface area contributed by atoms with Crippen molar-refractivity contribution in [2.75, 3.05) is 0 Å². The van der Waals surface area contributed by atoms with Gasteiger partial charge in [-0.05, 0) is 29.8 Å². The third kappa shape index (κ3) is 3.54. The standard InChI is InChI=1S/C14H11IN2O2/c15-19-13-6-5-12(14(16)18)8-11(13)4-3-10-2-1-7-17-9-10/h1-9H,(H2,16,18)/b4-3+. The van der Waals surface area contributed by atoms with Crippen LogP contribution in [0.2, 0.25) is 0 Å². The maximum absolute atomic E-state index is 11.2. The summed E-state index contributed by atoms with van der Waals surface area (Å²) in [5, 5.41) is 0. The van der Waals surface area contributed by atoms with Gasteiger partial charge in [0.1, 0.15) is 5.75 Å². The first-order valence-electron chi connectivity index (χ1n) is 5.51. The van der Waals surface area contributed by atoms with Crippen LogP contribution in [-0.2, 0) is 0 Å². The van der Waals surface area contributed by atoms with Crippen molar-refractivity contribution in [1.82, 2.24) is 4.98 Å². The summed E-state index contributed by atoms with van der Waals surface area (Å²) in [6.07, 6.45) is 7.22. The van der Waals surface area contributed by atoms with Crippen LogP contribution >= 0.6 is 23.0 Å². The van der Waals surface area contributed by atoms with Crippen molar-refractivity contribution in [2.24, 2.45) is 5.73 Å². The summed E-state index contributed by atoms with van der Waals surface area (Å²) >= 11 is 1.80. The molecule has 0 aliphatic rings. The number of rotatable bonds is 4. The van der Waals surface area contributed by atoms with Gasteiger partial charge in [0, 0.05) is 23.5 Å². The topological polar surface area (TPSA) is 65.2 Å². The third-order valence-electron chi connectivity index (χ3n) is 2.52. The van der Waals surface area contributed by atoms with Crippen LogP contribution < -0.4 is 8.80 Å². The number of nitrogens with zero attached hydrogens (tertiary/aromatic N) is 1. The highest BCUT2D eigenvalue weighted by Crippen LogP contribution is 2.24. The number of carbonyl (C=O) groups is 1. The van der Waals surface area contributed by atoms with Crippen LogP contribution in [-0.4, -0.2) is 10.9 Å². The lowest BCUT2D eigenvalue weighted by Crippen LogP contribution is -2.10. The molecule has 2 N–H and O–H groups in total. The lowest BCUT2D eigenvalue weighted by Gasteiger charge is -2.04. The molecule has 0 radical (unpaired) electrons. The van der Waals surface area contributed by atoms with E-state index in [9.17, 15) is 4.79 Å². The van der Waals surface area contributed by atoms with Crippen LogP contribution in [0.4, 0.5) is 0 Å².